The van der Waals surface area contributed by atoms with Gasteiger partial charge >= 0.3 is 0 Å². The molecule has 0 aliphatic heterocycles. The average molecular weight is 208 g/mol. The van der Waals surface area contributed by atoms with Crippen molar-refractivity contribution in [3.05, 3.63) is 17.9 Å². The predicted octanol–water partition coefficient (Wildman–Crippen LogP) is 2.46. The average Bonchev–Trinajstić information content (AvgIpc) is 2.53. The lowest BCUT2D eigenvalue weighted by Crippen LogP contribution is -1.89. The highest BCUT2D eigenvalue weighted by molar-refractivity contribution is 5.88. The number of hydrogen-bond donors (Lipinski definition) is 1. The topological polar surface area (TPSA) is 51.8 Å². The van der Waals surface area contributed by atoms with E-state index in [0.717, 1.165) is 0 Å². The summed E-state index contributed by atoms with van der Waals surface area (Å²) in [4.78, 5) is 0. The Morgan fingerprint density at radius 2 is 1.73 bits per heavy atom. The van der Waals surface area contributed by atoms with Crippen LogP contribution in [0.5, 0.6) is 17.2 Å². The Labute approximate surface area is 87.0 Å². The molecular weight excluding hydrogens is 196 g/mol. The summed E-state index contributed by atoms with van der Waals surface area (Å²) in [6, 6.07) is 3.39. The molecule has 0 atom stereocenters. The van der Waals surface area contributed by atoms with Gasteiger partial charge in [-0.25, -0.2) is 0 Å². The number of benzene rings is 1. The molecule has 0 saturated carbocycles. The van der Waals surface area contributed by atoms with Crippen LogP contribution in [0, 0.1) is 6.92 Å². The van der Waals surface area contributed by atoms with E-state index in [1.165, 1.54) is 0 Å². The van der Waals surface area contributed by atoms with Gasteiger partial charge in [-0.1, -0.05) is 0 Å². The maximum Gasteiger partial charge on any atom is 0.164 e. The summed E-state index contributed by atoms with van der Waals surface area (Å²) in [5.41, 5.74) is 0.586. The largest absolute Gasteiger partial charge is 0.504 e. The van der Waals surface area contributed by atoms with E-state index in [9.17, 15) is 5.11 Å². The summed E-state index contributed by atoms with van der Waals surface area (Å²) in [7, 11) is 3.10. The Bertz CT molecular complexity index is 499. The smallest absolute Gasteiger partial charge is 0.164 e. The zero-order valence-electron chi connectivity index (χ0n) is 8.83. The first-order valence-corrected chi connectivity index (χ1v) is 4.51. The molecule has 0 aliphatic carbocycles. The Hall–Kier alpha value is -1.84. The molecule has 1 N–H and O–H groups in total. The number of aromatic hydroxyl groups is 1. The number of aryl methyl sites for hydroxylation is 1. The Kier molecular flexibility index (Phi) is 2.19. The number of hydrogen-bond acceptors (Lipinski definition) is 4. The number of rotatable bonds is 2. The van der Waals surface area contributed by atoms with Crippen molar-refractivity contribution in [3.63, 3.8) is 0 Å². The summed E-state index contributed by atoms with van der Waals surface area (Å²) in [5, 5.41) is 10.3. The third-order valence-electron chi connectivity index (χ3n) is 2.34. The van der Waals surface area contributed by atoms with Crippen LogP contribution in [0.3, 0.4) is 0 Å². The van der Waals surface area contributed by atoms with E-state index in [1.54, 1.807) is 33.3 Å². The van der Waals surface area contributed by atoms with Crippen molar-refractivity contribution < 1.29 is 19.0 Å². The van der Waals surface area contributed by atoms with E-state index < -0.39 is 0 Å². The first-order valence-electron chi connectivity index (χ1n) is 4.51. The lowest BCUT2D eigenvalue weighted by molar-refractivity contribution is 0.355. The van der Waals surface area contributed by atoms with Gasteiger partial charge in [-0.3, -0.25) is 0 Å². The molecule has 2 aromatic rings. The zero-order chi connectivity index (χ0) is 11.0. The second-order valence-corrected chi connectivity index (χ2v) is 3.21. The van der Waals surface area contributed by atoms with Gasteiger partial charge in [0.2, 0.25) is 0 Å². The maximum absolute atomic E-state index is 9.69. The van der Waals surface area contributed by atoms with Gasteiger partial charge in [0.1, 0.15) is 11.3 Å². The van der Waals surface area contributed by atoms with Crippen LogP contribution in [0.4, 0.5) is 0 Å². The standard InChI is InChI=1S/C11H12O4/c1-6-11(12)7-4-9(13-2)10(14-3)5-8(7)15-6/h4-5,12H,1-3H3. The van der Waals surface area contributed by atoms with Gasteiger partial charge in [-0.2, -0.15) is 0 Å². The first kappa shape index (κ1) is 9.71. The van der Waals surface area contributed by atoms with Crippen molar-refractivity contribution >= 4 is 11.0 Å². The normalized spacial score (nSPS) is 10.6. The van der Waals surface area contributed by atoms with Gasteiger partial charge in [0, 0.05) is 6.07 Å². The molecule has 2 rings (SSSR count). The molecule has 0 bridgehead atoms. The molecule has 4 nitrogen and oxygen atoms in total. The third-order valence-corrected chi connectivity index (χ3v) is 2.34. The van der Waals surface area contributed by atoms with Crippen molar-refractivity contribution in [2.45, 2.75) is 6.92 Å². The summed E-state index contributed by atoms with van der Waals surface area (Å²) < 4.78 is 15.6. The second kappa shape index (κ2) is 3.38. The quantitative estimate of drug-likeness (QED) is 0.823. The van der Waals surface area contributed by atoms with Crippen molar-refractivity contribution in [3.8, 4) is 17.2 Å². The van der Waals surface area contributed by atoms with Crippen LogP contribution < -0.4 is 9.47 Å². The van der Waals surface area contributed by atoms with E-state index in [2.05, 4.69) is 0 Å². The third kappa shape index (κ3) is 1.38. The van der Waals surface area contributed by atoms with Crippen LogP contribution in [-0.2, 0) is 0 Å². The van der Waals surface area contributed by atoms with E-state index in [1.807, 2.05) is 0 Å². The number of methoxy groups -OCH3 is 2. The van der Waals surface area contributed by atoms with Crippen LogP contribution in [0.1, 0.15) is 5.76 Å². The fourth-order valence-corrected chi connectivity index (χ4v) is 1.53. The van der Waals surface area contributed by atoms with Gasteiger partial charge in [-0.05, 0) is 13.0 Å². The van der Waals surface area contributed by atoms with Crippen molar-refractivity contribution in [1.82, 2.24) is 0 Å². The van der Waals surface area contributed by atoms with Gasteiger partial charge in [-0.15, -0.1) is 0 Å². The number of ether oxygens (including phenoxy) is 2. The maximum atomic E-state index is 9.69. The molecule has 0 saturated heterocycles. The monoisotopic (exact) mass is 208 g/mol. The van der Waals surface area contributed by atoms with Crippen molar-refractivity contribution in [2.24, 2.45) is 0 Å². The first-order chi connectivity index (χ1) is 7.17. The van der Waals surface area contributed by atoms with Gasteiger partial charge in [0.05, 0.1) is 19.6 Å². The molecule has 80 valence electrons. The molecule has 0 fully saturated rings. The van der Waals surface area contributed by atoms with Gasteiger partial charge in [0.15, 0.2) is 17.2 Å². The van der Waals surface area contributed by atoms with E-state index >= 15 is 0 Å². The lowest BCUT2D eigenvalue weighted by Gasteiger charge is -2.06. The van der Waals surface area contributed by atoms with Crippen LogP contribution in [0.25, 0.3) is 11.0 Å². The lowest BCUT2D eigenvalue weighted by atomic mass is 10.2. The zero-order valence-corrected chi connectivity index (χ0v) is 8.83. The summed E-state index contributed by atoms with van der Waals surface area (Å²) in [6.45, 7) is 1.70. The summed E-state index contributed by atoms with van der Waals surface area (Å²) in [5.74, 6) is 1.78. The molecule has 15 heavy (non-hydrogen) atoms. The van der Waals surface area contributed by atoms with E-state index in [0.29, 0.717) is 28.2 Å². The van der Waals surface area contributed by atoms with Crippen LogP contribution in [0.2, 0.25) is 0 Å². The molecule has 4 heteroatoms. The Morgan fingerprint density at radius 1 is 1.13 bits per heavy atom. The van der Waals surface area contributed by atoms with Crippen LogP contribution >= 0.6 is 0 Å². The highest BCUT2D eigenvalue weighted by Crippen LogP contribution is 2.38. The van der Waals surface area contributed by atoms with E-state index in [-0.39, 0.29) is 5.75 Å². The molecule has 0 spiro atoms. The molecule has 1 aromatic heterocycles. The molecule has 0 aliphatic rings. The molecule has 0 amide bonds. The van der Waals surface area contributed by atoms with Crippen molar-refractivity contribution in [2.75, 3.05) is 14.2 Å². The number of furan rings is 1. The minimum absolute atomic E-state index is 0.144. The molecule has 0 radical (unpaired) electrons. The summed E-state index contributed by atoms with van der Waals surface area (Å²) in [6.07, 6.45) is 0. The molecule has 1 aromatic carbocycles. The SMILES string of the molecule is COc1cc2oc(C)c(O)c2cc1OC. The molecule has 1 heterocycles. The fourth-order valence-electron chi connectivity index (χ4n) is 1.53. The van der Waals surface area contributed by atoms with Crippen LogP contribution in [-0.4, -0.2) is 19.3 Å². The van der Waals surface area contributed by atoms with Crippen molar-refractivity contribution in [1.29, 1.82) is 0 Å². The second-order valence-electron chi connectivity index (χ2n) is 3.21. The highest BCUT2D eigenvalue weighted by atomic mass is 16.5. The van der Waals surface area contributed by atoms with Crippen LogP contribution in [0.15, 0.2) is 16.5 Å². The van der Waals surface area contributed by atoms with Gasteiger partial charge < -0.3 is 19.0 Å². The predicted molar refractivity (Wildman–Crippen MR) is 55.7 cm³/mol. The molecular formula is C11H12O4. The van der Waals surface area contributed by atoms with Gasteiger partial charge in [0.25, 0.3) is 0 Å². The Morgan fingerprint density at radius 3 is 2.33 bits per heavy atom. The Balaban J connectivity index is 2.75. The highest BCUT2D eigenvalue weighted by Gasteiger charge is 2.14. The van der Waals surface area contributed by atoms with E-state index in [4.69, 9.17) is 13.9 Å². The number of fused-ring (bicyclic) bond motifs is 1. The summed E-state index contributed by atoms with van der Waals surface area (Å²) >= 11 is 0. The minimum atomic E-state index is 0.144. The fraction of sp³-hybridized carbons (Fsp3) is 0.273. The molecule has 0 unspecified atom stereocenters. The minimum Gasteiger partial charge on any atom is -0.504 e.